The van der Waals surface area contributed by atoms with Gasteiger partial charge in [-0.05, 0) is 18.6 Å². The summed E-state index contributed by atoms with van der Waals surface area (Å²) in [5, 5.41) is 14.0. The number of piperazine rings is 1. The van der Waals surface area contributed by atoms with Gasteiger partial charge in [0.2, 0.25) is 0 Å². The Balaban J connectivity index is 0.00000176. The van der Waals surface area contributed by atoms with Crippen LogP contribution in [0.4, 0.5) is 0 Å². The second kappa shape index (κ2) is 7.51. The molecule has 0 spiro atoms. The minimum Gasteiger partial charge on any atom is -0.496 e. The quantitative estimate of drug-likeness (QED) is 0.862. The zero-order valence-electron chi connectivity index (χ0n) is 13.2. The number of aliphatic hydroxyl groups is 1. The van der Waals surface area contributed by atoms with Crippen molar-refractivity contribution in [2.45, 2.75) is 25.0 Å². The molecule has 2 aliphatic rings. The molecule has 5 nitrogen and oxygen atoms in total. The molecule has 0 bridgehead atoms. The molecular weight excluding hydrogens is 304 g/mol. The maximum atomic E-state index is 10.6. The third kappa shape index (κ3) is 3.18. The van der Waals surface area contributed by atoms with Crippen molar-refractivity contribution in [2.24, 2.45) is 0 Å². The number of rotatable bonds is 3. The average Bonchev–Trinajstić information content (AvgIpc) is 2.54. The molecule has 1 saturated heterocycles. The van der Waals surface area contributed by atoms with E-state index in [0.717, 1.165) is 49.7 Å². The smallest absolute Gasteiger partial charge is 0.122 e. The van der Waals surface area contributed by atoms with Gasteiger partial charge in [-0.2, -0.15) is 0 Å². The Labute approximate surface area is 138 Å². The number of fused-ring (bicyclic) bond motifs is 1. The number of methoxy groups -OCH3 is 2. The summed E-state index contributed by atoms with van der Waals surface area (Å²) in [6.07, 6.45) is 1.10. The first kappa shape index (κ1) is 17.3. The van der Waals surface area contributed by atoms with E-state index >= 15 is 0 Å². The first-order valence-electron chi connectivity index (χ1n) is 7.60. The van der Waals surface area contributed by atoms with Crippen molar-refractivity contribution in [3.05, 3.63) is 23.3 Å². The molecule has 22 heavy (non-hydrogen) atoms. The molecule has 3 rings (SSSR count). The highest BCUT2D eigenvalue weighted by molar-refractivity contribution is 5.85. The predicted octanol–water partition coefficient (Wildman–Crippen LogP) is 0.859. The lowest BCUT2D eigenvalue weighted by Gasteiger charge is -2.41. The van der Waals surface area contributed by atoms with Crippen LogP contribution in [-0.2, 0) is 12.8 Å². The lowest BCUT2D eigenvalue weighted by molar-refractivity contribution is 0.0352. The largest absolute Gasteiger partial charge is 0.496 e. The fourth-order valence-corrected chi connectivity index (χ4v) is 3.56. The summed E-state index contributed by atoms with van der Waals surface area (Å²) in [6.45, 7) is 3.96. The molecule has 0 radical (unpaired) electrons. The molecule has 0 aromatic heterocycles. The van der Waals surface area contributed by atoms with E-state index in [1.165, 1.54) is 5.56 Å². The summed E-state index contributed by atoms with van der Waals surface area (Å²) < 4.78 is 11.0. The summed E-state index contributed by atoms with van der Waals surface area (Å²) in [7, 11) is 3.38. The molecule has 2 N–H and O–H groups in total. The van der Waals surface area contributed by atoms with Crippen molar-refractivity contribution in [3.8, 4) is 11.5 Å². The lowest BCUT2D eigenvalue weighted by Crippen LogP contribution is -2.55. The van der Waals surface area contributed by atoms with E-state index in [0.29, 0.717) is 6.42 Å². The fraction of sp³-hybridized carbons (Fsp3) is 0.625. The lowest BCUT2D eigenvalue weighted by atomic mass is 9.84. The summed E-state index contributed by atoms with van der Waals surface area (Å²) in [5.74, 6) is 1.75. The molecule has 124 valence electrons. The highest BCUT2D eigenvalue weighted by Gasteiger charge is 2.35. The number of aliphatic hydroxyl groups excluding tert-OH is 1. The van der Waals surface area contributed by atoms with Crippen LogP contribution in [-0.4, -0.2) is 62.6 Å². The van der Waals surface area contributed by atoms with Crippen LogP contribution in [0, 0.1) is 0 Å². The van der Waals surface area contributed by atoms with E-state index in [-0.39, 0.29) is 24.6 Å². The Kier molecular flexibility index (Phi) is 5.92. The molecule has 1 aliphatic carbocycles. The van der Waals surface area contributed by atoms with Gasteiger partial charge in [-0.1, -0.05) is 0 Å². The van der Waals surface area contributed by atoms with Crippen LogP contribution in [0.2, 0.25) is 0 Å². The molecule has 2 atom stereocenters. The van der Waals surface area contributed by atoms with Gasteiger partial charge in [-0.25, -0.2) is 0 Å². The van der Waals surface area contributed by atoms with Gasteiger partial charge in [0.25, 0.3) is 0 Å². The van der Waals surface area contributed by atoms with Gasteiger partial charge in [0, 0.05) is 49.8 Å². The Morgan fingerprint density at radius 3 is 2.14 bits per heavy atom. The van der Waals surface area contributed by atoms with Crippen molar-refractivity contribution in [2.75, 3.05) is 40.4 Å². The summed E-state index contributed by atoms with van der Waals surface area (Å²) in [5.41, 5.74) is 2.28. The fourth-order valence-electron chi connectivity index (χ4n) is 3.56. The number of ether oxygens (including phenoxy) is 2. The van der Waals surface area contributed by atoms with Gasteiger partial charge in [-0.3, -0.25) is 4.90 Å². The average molecular weight is 329 g/mol. The van der Waals surface area contributed by atoms with Crippen LogP contribution in [0.25, 0.3) is 0 Å². The van der Waals surface area contributed by atoms with E-state index in [1.807, 2.05) is 12.1 Å². The summed E-state index contributed by atoms with van der Waals surface area (Å²) in [6, 6.07) is 4.06. The maximum absolute atomic E-state index is 10.6. The zero-order valence-corrected chi connectivity index (χ0v) is 14.0. The van der Waals surface area contributed by atoms with Crippen LogP contribution < -0.4 is 14.8 Å². The Morgan fingerprint density at radius 1 is 1.05 bits per heavy atom. The number of hydrogen-bond donors (Lipinski definition) is 2. The van der Waals surface area contributed by atoms with E-state index in [9.17, 15) is 5.11 Å². The van der Waals surface area contributed by atoms with Crippen LogP contribution in [0.3, 0.4) is 0 Å². The van der Waals surface area contributed by atoms with Crippen LogP contribution in [0.15, 0.2) is 12.1 Å². The molecule has 0 amide bonds. The molecule has 0 saturated carbocycles. The van der Waals surface area contributed by atoms with E-state index in [2.05, 4.69) is 10.2 Å². The molecule has 6 heteroatoms. The first-order valence-corrected chi connectivity index (χ1v) is 7.60. The van der Waals surface area contributed by atoms with Crippen molar-refractivity contribution in [1.82, 2.24) is 10.2 Å². The maximum Gasteiger partial charge on any atom is 0.122 e. The third-order valence-electron chi connectivity index (χ3n) is 4.68. The second-order valence-electron chi connectivity index (χ2n) is 5.76. The van der Waals surface area contributed by atoms with Crippen molar-refractivity contribution >= 4 is 12.4 Å². The first-order chi connectivity index (χ1) is 10.2. The van der Waals surface area contributed by atoms with Gasteiger partial charge in [0.15, 0.2) is 0 Å². The molecule has 1 aliphatic heterocycles. The molecule has 1 aromatic carbocycles. The SMILES string of the molecule is COc1ccc(OC)c2c1CC(O)C(N1CCNCC1)C2.Cl. The summed E-state index contributed by atoms with van der Waals surface area (Å²) >= 11 is 0. The minimum absolute atomic E-state index is 0. The van der Waals surface area contributed by atoms with Gasteiger partial charge in [0.05, 0.1) is 20.3 Å². The number of halogens is 1. The Bertz CT molecular complexity index is 506. The van der Waals surface area contributed by atoms with Gasteiger partial charge in [-0.15, -0.1) is 12.4 Å². The topological polar surface area (TPSA) is 54.0 Å². The number of hydrogen-bond acceptors (Lipinski definition) is 5. The Morgan fingerprint density at radius 2 is 1.59 bits per heavy atom. The highest BCUT2D eigenvalue weighted by Crippen LogP contribution is 2.37. The molecular formula is C16H25ClN2O3. The monoisotopic (exact) mass is 328 g/mol. The number of nitrogens with one attached hydrogen (secondary N) is 1. The zero-order chi connectivity index (χ0) is 14.8. The molecule has 1 aromatic rings. The van der Waals surface area contributed by atoms with Crippen molar-refractivity contribution in [1.29, 1.82) is 0 Å². The molecule has 1 heterocycles. The predicted molar refractivity (Wildman–Crippen MR) is 88.4 cm³/mol. The van der Waals surface area contributed by atoms with E-state index < -0.39 is 0 Å². The number of benzene rings is 1. The highest BCUT2D eigenvalue weighted by atomic mass is 35.5. The second-order valence-corrected chi connectivity index (χ2v) is 5.76. The minimum atomic E-state index is -0.350. The van der Waals surface area contributed by atoms with E-state index in [4.69, 9.17) is 9.47 Å². The van der Waals surface area contributed by atoms with Crippen LogP contribution >= 0.6 is 12.4 Å². The standard InChI is InChI=1S/C16H24N2O3.ClH/c1-20-15-3-4-16(21-2)12-10-14(19)13(9-11(12)15)18-7-5-17-6-8-18;/h3-4,13-14,17,19H,5-10H2,1-2H3;1H. The van der Waals surface area contributed by atoms with E-state index in [1.54, 1.807) is 14.2 Å². The molecule has 2 unspecified atom stereocenters. The molecule has 1 fully saturated rings. The van der Waals surface area contributed by atoms with Gasteiger partial charge in [0.1, 0.15) is 11.5 Å². The Hall–Kier alpha value is -1.01. The van der Waals surface area contributed by atoms with Gasteiger partial charge < -0.3 is 19.9 Å². The normalized spacial score (nSPS) is 25.0. The third-order valence-corrected chi connectivity index (χ3v) is 4.68. The van der Waals surface area contributed by atoms with Crippen LogP contribution in [0.1, 0.15) is 11.1 Å². The number of nitrogens with zero attached hydrogens (tertiary/aromatic N) is 1. The summed E-state index contributed by atoms with van der Waals surface area (Å²) in [4.78, 5) is 2.39. The van der Waals surface area contributed by atoms with Crippen molar-refractivity contribution in [3.63, 3.8) is 0 Å². The van der Waals surface area contributed by atoms with Crippen LogP contribution in [0.5, 0.6) is 11.5 Å². The van der Waals surface area contributed by atoms with Crippen molar-refractivity contribution < 1.29 is 14.6 Å². The van der Waals surface area contributed by atoms with Gasteiger partial charge >= 0.3 is 0 Å².